The van der Waals surface area contributed by atoms with Crippen LogP contribution < -0.4 is 10.2 Å². The van der Waals surface area contributed by atoms with Crippen LogP contribution in [0.4, 0.5) is 10.6 Å². The van der Waals surface area contributed by atoms with E-state index in [9.17, 15) is 19.5 Å². The van der Waals surface area contributed by atoms with E-state index in [-0.39, 0.29) is 43.1 Å². The number of aromatic hydroxyl groups is 1. The maximum absolute atomic E-state index is 14.3. The number of carbonyl (C=O) groups excluding carboxylic acids is 3. The molecule has 12 heteroatoms. The number of urea groups is 1. The number of rotatable bonds is 7. The molecule has 6 rings (SSSR count). The van der Waals surface area contributed by atoms with Gasteiger partial charge in [-0.25, -0.2) is 19.8 Å². The van der Waals surface area contributed by atoms with Gasteiger partial charge in [0.1, 0.15) is 23.8 Å². The Bertz CT molecular complexity index is 1360. The third kappa shape index (κ3) is 6.86. The summed E-state index contributed by atoms with van der Waals surface area (Å²) in [7, 11) is 3.88. The first-order valence-electron chi connectivity index (χ1n) is 16.3. The lowest BCUT2D eigenvalue weighted by molar-refractivity contribution is -0.187. The van der Waals surface area contributed by atoms with Crippen molar-refractivity contribution in [2.24, 2.45) is 5.92 Å². The van der Waals surface area contributed by atoms with E-state index < -0.39 is 12.2 Å². The molecule has 0 bridgehead atoms. The molecule has 2 aromatic rings. The predicted octanol–water partition coefficient (Wildman–Crippen LogP) is 2.10. The molecular weight excluding hydrogens is 572 g/mol. The highest BCUT2D eigenvalue weighted by atomic mass is 16.3. The van der Waals surface area contributed by atoms with Crippen LogP contribution in [0.5, 0.6) is 5.75 Å². The molecule has 1 unspecified atom stereocenters. The molecule has 12 nitrogen and oxygen atoms in total. The minimum absolute atomic E-state index is 0.00284. The number of aromatic nitrogens is 1. The number of anilines is 1. The van der Waals surface area contributed by atoms with E-state index in [4.69, 9.17) is 4.98 Å². The van der Waals surface area contributed by atoms with Gasteiger partial charge in [-0.15, -0.1) is 0 Å². The summed E-state index contributed by atoms with van der Waals surface area (Å²) in [5, 5.41) is 16.3. The zero-order valence-electron chi connectivity index (χ0n) is 26.5. The van der Waals surface area contributed by atoms with Crippen LogP contribution in [0, 0.1) is 5.92 Å². The number of phenols is 1. The largest absolute Gasteiger partial charge is 0.508 e. The van der Waals surface area contributed by atoms with Crippen LogP contribution >= 0.6 is 0 Å². The van der Waals surface area contributed by atoms with Crippen molar-refractivity contribution in [3.05, 3.63) is 53.7 Å². The zero-order chi connectivity index (χ0) is 31.5. The summed E-state index contributed by atoms with van der Waals surface area (Å²) in [5.74, 6) is 1.12. The predicted molar refractivity (Wildman–Crippen MR) is 170 cm³/mol. The van der Waals surface area contributed by atoms with Gasteiger partial charge in [-0.05, 0) is 49.6 Å². The molecule has 1 aromatic carbocycles. The number of hydrogen-bond donors (Lipinski definition) is 2. The fourth-order valence-corrected chi connectivity index (χ4v) is 7.27. The van der Waals surface area contributed by atoms with Crippen molar-refractivity contribution in [3.8, 4) is 5.75 Å². The van der Waals surface area contributed by atoms with E-state index in [1.807, 2.05) is 12.1 Å². The Balaban J connectivity index is 1.29. The van der Waals surface area contributed by atoms with Crippen molar-refractivity contribution in [2.75, 3.05) is 64.8 Å². The van der Waals surface area contributed by atoms with Crippen molar-refractivity contribution >= 4 is 23.7 Å². The van der Waals surface area contributed by atoms with Gasteiger partial charge in [0.25, 0.3) is 0 Å². The Hall–Kier alpha value is -3.90. The number of nitrogens with zero attached hydrogens (tertiary/aromatic N) is 7. The molecule has 1 saturated carbocycles. The Morgan fingerprint density at radius 2 is 1.73 bits per heavy atom. The summed E-state index contributed by atoms with van der Waals surface area (Å²) in [6, 6.07) is 9.60. The molecule has 0 spiro atoms. The molecule has 3 aliphatic heterocycles. The number of benzene rings is 1. The second-order valence-corrected chi connectivity index (χ2v) is 13.0. The van der Waals surface area contributed by atoms with E-state index in [2.05, 4.69) is 22.2 Å². The van der Waals surface area contributed by atoms with Gasteiger partial charge in [0, 0.05) is 64.5 Å². The highest BCUT2D eigenvalue weighted by molar-refractivity contribution is 5.91. The summed E-state index contributed by atoms with van der Waals surface area (Å²) >= 11 is 0. The number of amides is 4. The fraction of sp³-hybridized carbons (Fsp3) is 0.576. The van der Waals surface area contributed by atoms with Crippen LogP contribution in [0.15, 0.2) is 42.6 Å². The molecule has 3 saturated heterocycles. The number of pyridine rings is 1. The first-order chi connectivity index (χ1) is 21.8. The molecule has 45 heavy (non-hydrogen) atoms. The molecule has 4 heterocycles. The van der Waals surface area contributed by atoms with Crippen LogP contribution in [0.2, 0.25) is 0 Å². The number of nitrogens with one attached hydrogen (secondary N) is 1. The maximum atomic E-state index is 14.3. The summed E-state index contributed by atoms with van der Waals surface area (Å²) in [5.41, 5.74) is 1.77. The molecule has 242 valence electrons. The lowest BCUT2D eigenvalue weighted by Gasteiger charge is -2.54. The van der Waals surface area contributed by atoms with E-state index in [1.165, 1.54) is 19.3 Å². The van der Waals surface area contributed by atoms with Crippen molar-refractivity contribution in [2.45, 2.75) is 57.3 Å². The Kier molecular flexibility index (Phi) is 9.41. The van der Waals surface area contributed by atoms with Crippen LogP contribution in [0.1, 0.15) is 43.2 Å². The highest BCUT2D eigenvalue weighted by Gasteiger charge is 2.50. The second kappa shape index (κ2) is 13.6. The lowest BCUT2D eigenvalue weighted by Crippen LogP contribution is -2.76. The van der Waals surface area contributed by atoms with Gasteiger partial charge in [0.2, 0.25) is 11.8 Å². The van der Waals surface area contributed by atoms with Crippen molar-refractivity contribution in [3.63, 3.8) is 0 Å². The van der Waals surface area contributed by atoms with Gasteiger partial charge in [0.05, 0.1) is 13.1 Å². The second-order valence-electron chi connectivity index (χ2n) is 13.0. The van der Waals surface area contributed by atoms with E-state index in [0.717, 1.165) is 56.0 Å². The lowest BCUT2D eigenvalue weighted by atomic mass is 9.89. The molecule has 2 atom stereocenters. The smallest absolute Gasteiger partial charge is 0.333 e. The first-order valence-corrected chi connectivity index (χ1v) is 16.3. The number of phenolic OH excluding ortho intramolecular Hbond substituents is 1. The third-order valence-electron chi connectivity index (χ3n) is 9.81. The Morgan fingerprint density at radius 3 is 2.47 bits per heavy atom. The normalized spacial score (nSPS) is 23.8. The third-order valence-corrected chi connectivity index (χ3v) is 9.81. The number of piperazine rings is 2. The SMILES string of the molecule is CN1CCN(c2ncccc2CN2CC3N(C(=O)CN(C)N3C(=O)NCC3CCCCC3)[C@@H](Cc3ccc(O)cc3)C2=O)CC1. The Labute approximate surface area is 265 Å². The summed E-state index contributed by atoms with van der Waals surface area (Å²) in [6.45, 7) is 4.68. The van der Waals surface area contributed by atoms with Gasteiger partial charge in [0.15, 0.2) is 0 Å². The van der Waals surface area contributed by atoms with E-state index in [0.29, 0.717) is 19.0 Å². The van der Waals surface area contributed by atoms with Crippen LogP contribution in [-0.4, -0.2) is 125 Å². The molecule has 0 radical (unpaired) electrons. The number of carbonyl (C=O) groups is 3. The average molecular weight is 619 g/mol. The monoisotopic (exact) mass is 618 g/mol. The minimum Gasteiger partial charge on any atom is -0.508 e. The van der Waals surface area contributed by atoms with Crippen molar-refractivity contribution < 1.29 is 19.5 Å². The standard InChI is InChI=1S/C33H46N8O4/c1-36-15-17-38(18-16-36)31-26(9-6-14-34-31)21-39-22-29-40(28(32(39)44)19-24-10-12-27(42)13-11-24)30(43)23-37(2)41(29)33(45)35-20-25-7-4-3-5-8-25/h6,9-14,25,28-29,42H,3-5,7-8,15-23H2,1-2H3,(H,35,45)/t28-,29?/m0/s1. The molecule has 4 aliphatic rings. The number of fused-ring (bicyclic) bond motifs is 1. The molecule has 1 aliphatic carbocycles. The van der Waals surface area contributed by atoms with Crippen LogP contribution in [0.3, 0.4) is 0 Å². The molecule has 1 aromatic heterocycles. The highest BCUT2D eigenvalue weighted by Crippen LogP contribution is 2.31. The van der Waals surface area contributed by atoms with Crippen molar-refractivity contribution in [1.82, 2.24) is 35.0 Å². The minimum atomic E-state index is -0.799. The fourth-order valence-electron chi connectivity index (χ4n) is 7.27. The zero-order valence-corrected chi connectivity index (χ0v) is 26.5. The van der Waals surface area contributed by atoms with E-state index in [1.54, 1.807) is 57.3 Å². The number of hydrogen-bond acceptors (Lipinski definition) is 8. The van der Waals surface area contributed by atoms with Crippen molar-refractivity contribution in [1.29, 1.82) is 0 Å². The Morgan fingerprint density at radius 1 is 1.00 bits per heavy atom. The van der Waals surface area contributed by atoms with Crippen LogP contribution in [-0.2, 0) is 22.6 Å². The number of likely N-dealkylation sites (N-methyl/N-ethyl adjacent to an activating group) is 2. The topological polar surface area (TPSA) is 116 Å². The maximum Gasteiger partial charge on any atom is 0.333 e. The molecular formula is C33H46N8O4. The quantitative estimate of drug-likeness (QED) is 0.485. The van der Waals surface area contributed by atoms with Gasteiger partial charge in [-0.1, -0.05) is 37.5 Å². The summed E-state index contributed by atoms with van der Waals surface area (Å²) in [4.78, 5) is 54.5. The van der Waals surface area contributed by atoms with Gasteiger partial charge in [-0.3, -0.25) is 9.59 Å². The number of hydrazine groups is 1. The average Bonchev–Trinajstić information content (AvgIpc) is 3.04. The molecule has 4 amide bonds. The first kappa shape index (κ1) is 31.1. The van der Waals surface area contributed by atoms with E-state index >= 15 is 0 Å². The van der Waals surface area contributed by atoms with Gasteiger partial charge in [-0.2, -0.15) is 0 Å². The molecule has 4 fully saturated rings. The molecule has 2 N–H and O–H groups in total. The van der Waals surface area contributed by atoms with Crippen LogP contribution in [0.25, 0.3) is 0 Å². The van der Waals surface area contributed by atoms with Gasteiger partial charge < -0.3 is 30.0 Å². The summed E-state index contributed by atoms with van der Waals surface area (Å²) < 4.78 is 0. The summed E-state index contributed by atoms with van der Waals surface area (Å²) in [6.07, 6.45) is 7.26. The van der Waals surface area contributed by atoms with Gasteiger partial charge >= 0.3 is 6.03 Å².